The van der Waals surface area contributed by atoms with Crippen LogP contribution < -0.4 is 5.32 Å². The molecule has 1 amide bonds. The molecule has 1 N–H and O–H groups in total. The number of amides is 1. The highest BCUT2D eigenvalue weighted by atomic mass is 16.2. The molecule has 2 rings (SSSR count). The van der Waals surface area contributed by atoms with Gasteiger partial charge in [-0.2, -0.15) is 0 Å². The number of carbonyl (C=O) groups is 1. The van der Waals surface area contributed by atoms with Gasteiger partial charge in [0.05, 0.1) is 17.0 Å². The number of nitrogens with one attached hydrogen (secondary N) is 1. The summed E-state index contributed by atoms with van der Waals surface area (Å²) in [5.41, 5.74) is 1.86. The van der Waals surface area contributed by atoms with Crippen molar-refractivity contribution in [1.29, 1.82) is 0 Å². The van der Waals surface area contributed by atoms with Crippen LogP contribution in [0.25, 0.3) is 5.57 Å². The Balaban J connectivity index is 2.64. The van der Waals surface area contributed by atoms with Crippen molar-refractivity contribution < 1.29 is 4.79 Å². The Hall–Kier alpha value is -1.64. The van der Waals surface area contributed by atoms with Gasteiger partial charge in [0.1, 0.15) is 0 Å². The standard InChI is InChI=1S/C8H6N2O/c1-5-7-6(10-8(5)11)3-2-4-9-7/h2-4H,1H2,(H,10,11). The zero-order valence-corrected chi connectivity index (χ0v) is 5.79. The third-order valence-electron chi connectivity index (χ3n) is 1.62. The number of hydrogen-bond acceptors (Lipinski definition) is 2. The summed E-state index contributed by atoms with van der Waals surface area (Å²) < 4.78 is 0. The predicted octanol–water partition coefficient (Wildman–Crippen LogP) is 1.05. The molecule has 0 radical (unpaired) electrons. The van der Waals surface area contributed by atoms with E-state index in [2.05, 4.69) is 16.9 Å². The molecule has 0 aromatic carbocycles. The fraction of sp³-hybridized carbons (Fsp3) is 0. The van der Waals surface area contributed by atoms with Crippen molar-refractivity contribution in [1.82, 2.24) is 4.98 Å². The van der Waals surface area contributed by atoms with Crippen LogP contribution in [0.15, 0.2) is 24.9 Å². The Kier molecular flexibility index (Phi) is 1.06. The molecule has 1 aliphatic rings. The number of pyridine rings is 1. The van der Waals surface area contributed by atoms with Crippen molar-refractivity contribution in [3.05, 3.63) is 30.6 Å². The van der Waals surface area contributed by atoms with Crippen LogP contribution >= 0.6 is 0 Å². The first kappa shape index (κ1) is 6.09. The van der Waals surface area contributed by atoms with E-state index in [4.69, 9.17) is 0 Å². The lowest BCUT2D eigenvalue weighted by molar-refractivity contribution is -0.110. The van der Waals surface area contributed by atoms with Crippen molar-refractivity contribution >= 4 is 17.2 Å². The van der Waals surface area contributed by atoms with Crippen molar-refractivity contribution in [2.45, 2.75) is 0 Å². The number of rotatable bonds is 0. The van der Waals surface area contributed by atoms with Crippen molar-refractivity contribution in [2.75, 3.05) is 5.32 Å². The molecule has 0 saturated carbocycles. The number of nitrogens with zero attached hydrogens (tertiary/aromatic N) is 1. The Morgan fingerprint density at radius 1 is 1.55 bits per heavy atom. The number of fused-ring (bicyclic) bond motifs is 1. The van der Waals surface area contributed by atoms with E-state index < -0.39 is 0 Å². The molecule has 0 spiro atoms. The maximum Gasteiger partial charge on any atom is 0.257 e. The van der Waals surface area contributed by atoms with Crippen molar-refractivity contribution in [2.24, 2.45) is 0 Å². The number of anilines is 1. The van der Waals surface area contributed by atoms with Crippen LogP contribution in [-0.4, -0.2) is 10.9 Å². The molecular weight excluding hydrogens is 140 g/mol. The van der Waals surface area contributed by atoms with Crippen LogP contribution in [-0.2, 0) is 4.79 Å². The summed E-state index contributed by atoms with van der Waals surface area (Å²) in [6, 6.07) is 3.58. The monoisotopic (exact) mass is 146 g/mol. The van der Waals surface area contributed by atoms with Gasteiger partial charge in [0.25, 0.3) is 5.91 Å². The minimum Gasteiger partial charge on any atom is -0.320 e. The highest BCUT2D eigenvalue weighted by molar-refractivity contribution is 6.30. The second kappa shape index (κ2) is 1.92. The molecule has 0 aliphatic carbocycles. The molecular formula is C8H6N2O. The van der Waals surface area contributed by atoms with Gasteiger partial charge in [0.15, 0.2) is 0 Å². The smallest absolute Gasteiger partial charge is 0.257 e. The van der Waals surface area contributed by atoms with Crippen LogP contribution in [0.4, 0.5) is 5.69 Å². The molecule has 2 heterocycles. The van der Waals surface area contributed by atoms with Gasteiger partial charge in [-0.25, -0.2) is 0 Å². The number of carbonyl (C=O) groups excluding carboxylic acids is 1. The van der Waals surface area contributed by atoms with Gasteiger partial charge in [-0.1, -0.05) is 6.58 Å². The third kappa shape index (κ3) is 0.741. The van der Waals surface area contributed by atoms with Crippen LogP contribution in [0, 0.1) is 0 Å². The molecule has 0 saturated heterocycles. The second-order valence-corrected chi connectivity index (χ2v) is 2.33. The molecule has 3 nitrogen and oxygen atoms in total. The average molecular weight is 146 g/mol. The quantitative estimate of drug-likeness (QED) is 0.556. The Morgan fingerprint density at radius 3 is 3.09 bits per heavy atom. The summed E-state index contributed by atoms with van der Waals surface area (Å²) in [5, 5.41) is 2.65. The van der Waals surface area contributed by atoms with Crippen LogP contribution in [0.5, 0.6) is 0 Å². The Labute approximate surface area is 63.8 Å². The van der Waals surface area contributed by atoms with E-state index in [-0.39, 0.29) is 5.91 Å². The highest BCUT2D eigenvalue weighted by Gasteiger charge is 2.22. The molecule has 0 atom stereocenters. The van der Waals surface area contributed by atoms with E-state index in [9.17, 15) is 4.79 Å². The summed E-state index contributed by atoms with van der Waals surface area (Å²) in [7, 11) is 0. The van der Waals surface area contributed by atoms with Gasteiger partial charge >= 0.3 is 0 Å². The fourth-order valence-corrected chi connectivity index (χ4v) is 1.05. The second-order valence-electron chi connectivity index (χ2n) is 2.33. The van der Waals surface area contributed by atoms with Crippen LogP contribution in [0.3, 0.4) is 0 Å². The lowest BCUT2D eigenvalue weighted by Gasteiger charge is -1.92. The van der Waals surface area contributed by atoms with Crippen molar-refractivity contribution in [3.8, 4) is 0 Å². The van der Waals surface area contributed by atoms with Gasteiger partial charge in [0.2, 0.25) is 0 Å². The van der Waals surface area contributed by atoms with Gasteiger partial charge in [-0.3, -0.25) is 9.78 Å². The van der Waals surface area contributed by atoms with Crippen LogP contribution in [0.2, 0.25) is 0 Å². The van der Waals surface area contributed by atoms with Gasteiger partial charge < -0.3 is 5.32 Å². The zero-order valence-electron chi connectivity index (χ0n) is 5.79. The Morgan fingerprint density at radius 2 is 2.36 bits per heavy atom. The average Bonchev–Trinajstić information content (AvgIpc) is 2.30. The first-order valence-electron chi connectivity index (χ1n) is 3.24. The minimum absolute atomic E-state index is 0.154. The lowest BCUT2D eigenvalue weighted by atomic mass is 10.2. The maximum atomic E-state index is 11.0. The summed E-state index contributed by atoms with van der Waals surface area (Å²) >= 11 is 0. The molecule has 11 heavy (non-hydrogen) atoms. The minimum atomic E-state index is -0.154. The molecule has 1 aromatic rings. The number of hydrogen-bond donors (Lipinski definition) is 1. The predicted molar refractivity (Wildman–Crippen MR) is 41.9 cm³/mol. The molecule has 1 aromatic heterocycles. The largest absolute Gasteiger partial charge is 0.320 e. The molecule has 0 bridgehead atoms. The zero-order chi connectivity index (χ0) is 7.84. The van der Waals surface area contributed by atoms with E-state index in [0.717, 1.165) is 5.69 Å². The molecule has 0 unspecified atom stereocenters. The van der Waals surface area contributed by atoms with Gasteiger partial charge in [0, 0.05) is 6.20 Å². The molecule has 1 aliphatic heterocycles. The third-order valence-corrected chi connectivity index (χ3v) is 1.62. The molecule has 3 heteroatoms. The van der Waals surface area contributed by atoms with E-state index >= 15 is 0 Å². The Bertz CT molecular complexity index is 344. The summed E-state index contributed by atoms with van der Waals surface area (Å²) in [6.45, 7) is 3.60. The first-order chi connectivity index (χ1) is 5.29. The molecule has 0 fully saturated rings. The van der Waals surface area contributed by atoms with Crippen molar-refractivity contribution in [3.63, 3.8) is 0 Å². The lowest BCUT2D eigenvalue weighted by Crippen LogP contribution is -2.02. The van der Waals surface area contributed by atoms with E-state index in [1.54, 1.807) is 18.3 Å². The summed E-state index contributed by atoms with van der Waals surface area (Å²) in [6.07, 6.45) is 1.64. The normalized spacial score (nSPS) is 14.5. The van der Waals surface area contributed by atoms with E-state index in [1.165, 1.54) is 0 Å². The fourth-order valence-electron chi connectivity index (χ4n) is 1.05. The first-order valence-corrected chi connectivity index (χ1v) is 3.24. The summed E-state index contributed by atoms with van der Waals surface area (Å²) in [5.74, 6) is -0.154. The number of aromatic nitrogens is 1. The van der Waals surface area contributed by atoms with Crippen LogP contribution in [0.1, 0.15) is 5.69 Å². The van der Waals surface area contributed by atoms with Gasteiger partial charge in [-0.05, 0) is 12.1 Å². The molecule has 54 valence electrons. The topological polar surface area (TPSA) is 42.0 Å². The van der Waals surface area contributed by atoms with E-state index in [1.807, 2.05) is 0 Å². The maximum absolute atomic E-state index is 11.0. The van der Waals surface area contributed by atoms with E-state index in [0.29, 0.717) is 11.3 Å². The SMILES string of the molecule is C=C1C(=O)Nc2cccnc21. The highest BCUT2D eigenvalue weighted by Crippen LogP contribution is 2.26. The van der Waals surface area contributed by atoms with Gasteiger partial charge in [-0.15, -0.1) is 0 Å². The summed E-state index contributed by atoms with van der Waals surface area (Å²) in [4.78, 5) is 15.0.